The average Bonchev–Trinajstić information content (AvgIpc) is 2.71. The molecule has 1 fully saturated rings. The first kappa shape index (κ1) is 13.7. The molecular weight excluding hydrogens is 266 g/mol. The van der Waals surface area contributed by atoms with Gasteiger partial charge in [0.1, 0.15) is 0 Å². The summed E-state index contributed by atoms with van der Waals surface area (Å²) in [5.41, 5.74) is 9.63. The lowest BCUT2D eigenvalue weighted by Crippen LogP contribution is -2.30. The average molecular weight is 289 g/mol. The van der Waals surface area contributed by atoms with E-state index >= 15 is 0 Å². The van der Waals surface area contributed by atoms with Crippen LogP contribution in [-0.4, -0.2) is 11.0 Å². The van der Waals surface area contributed by atoms with Crippen molar-refractivity contribution in [3.05, 3.63) is 17.1 Å². The lowest BCUT2D eigenvalue weighted by Gasteiger charge is -2.35. The van der Waals surface area contributed by atoms with Crippen LogP contribution < -0.4 is 11.1 Å². The zero-order chi connectivity index (χ0) is 14.3. The van der Waals surface area contributed by atoms with E-state index in [1.165, 1.54) is 30.4 Å². The van der Waals surface area contributed by atoms with Gasteiger partial charge in [-0.05, 0) is 50.2 Å². The fourth-order valence-electron chi connectivity index (χ4n) is 2.99. The van der Waals surface area contributed by atoms with E-state index in [0.717, 1.165) is 21.9 Å². The molecule has 0 aliphatic heterocycles. The molecule has 3 rings (SSSR count). The van der Waals surface area contributed by atoms with Gasteiger partial charge in [-0.2, -0.15) is 0 Å². The van der Waals surface area contributed by atoms with Gasteiger partial charge in [0.25, 0.3) is 0 Å². The minimum atomic E-state index is 0.500. The maximum atomic E-state index is 6.18. The molecule has 0 atom stereocenters. The second kappa shape index (κ2) is 4.92. The number of nitrogen functional groups attached to an aromatic ring is 1. The van der Waals surface area contributed by atoms with Gasteiger partial charge in [-0.3, -0.25) is 0 Å². The quantitative estimate of drug-likeness (QED) is 0.796. The zero-order valence-electron chi connectivity index (χ0n) is 12.5. The zero-order valence-corrected chi connectivity index (χ0v) is 13.3. The van der Waals surface area contributed by atoms with Crippen molar-refractivity contribution in [3.63, 3.8) is 0 Å². The number of anilines is 2. The van der Waals surface area contributed by atoms with Crippen molar-refractivity contribution < 1.29 is 0 Å². The molecule has 1 saturated carbocycles. The maximum Gasteiger partial charge on any atom is 0.0907 e. The van der Waals surface area contributed by atoms with E-state index < -0.39 is 0 Å². The molecule has 1 aromatic carbocycles. The summed E-state index contributed by atoms with van der Waals surface area (Å²) in [6.45, 7) is 6.76. The fraction of sp³-hybridized carbons (Fsp3) is 0.562. The molecule has 20 heavy (non-hydrogen) atoms. The summed E-state index contributed by atoms with van der Waals surface area (Å²) in [4.78, 5) is 4.55. The Morgan fingerprint density at radius 2 is 2.00 bits per heavy atom. The summed E-state index contributed by atoms with van der Waals surface area (Å²) in [5.74, 6) is 0. The Labute approximate surface area is 124 Å². The summed E-state index contributed by atoms with van der Waals surface area (Å²) in [7, 11) is 0. The van der Waals surface area contributed by atoms with Crippen molar-refractivity contribution in [2.45, 2.75) is 52.5 Å². The van der Waals surface area contributed by atoms with Crippen molar-refractivity contribution in [2.75, 3.05) is 11.1 Å². The highest BCUT2D eigenvalue weighted by Gasteiger charge is 2.26. The Kier molecular flexibility index (Phi) is 3.36. The summed E-state index contributed by atoms with van der Waals surface area (Å²) in [5, 5.41) is 4.72. The first-order valence-corrected chi connectivity index (χ1v) is 8.18. The molecule has 0 bridgehead atoms. The number of nitrogens with zero attached hydrogens (tertiary/aromatic N) is 1. The SMILES string of the molecule is Cc1nc2cc(NC3CCC(C)(C)CC3)c(N)cc2s1. The van der Waals surface area contributed by atoms with Gasteiger partial charge in [-0.25, -0.2) is 4.98 Å². The second-order valence-electron chi connectivity index (χ2n) is 6.72. The molecule has 0 saturated heterocycles. The molecule has 4 heteroatoms. The third-order valence-electron chi connectivity index (χ3n) is 4.37. The molecular formula is C16H23N3S. The van der Waals surface area contributed by atoms with Gasteiger partial charge in [0, 0.05) is 6.04 Å². The second-order valence-corrected chi connectivity index (χ2v) is 7.96. The van der Waals surface area contributed by atoms with Crippen LogP contribution in [0.2, 0.25) is 0 Å². The smallest absolute Gasteiger partial charge is 0.0907 e. The van der Waals surface area contributed by atoms with Gasteiger partial charge in [-0.1, -0.05) is 13.8 Å². The van der Waals surface area contributed by atoms with Gasteiger partial charge < -0.3 is 11.1 Å². The molecule has 1 aromatic heterocycles. The Morgan fingerprint density at radius 3 is 2.70 bits per heavy atom. The van der Waals surface area contributed by atoms with E-state index in [4.69, 9.17) is 5.73 Å². The number of hydrogen-bond acceptors (Lipinski definition) is 4. The first-order chi connectivity index (χ1) is 9.43. The van der Waals surface area contributed by atoms with Gasteiger partial charge in [0.05, 0.1) is 26.6 Å². The van der Waals surface area contributed by atoms with Crippen molar-refractivity contribution in [1.29, 1.82) is 0 Å². The van der Waals surface area contributed by atoms with Crippen LogP contribution in [0.1, 0.15) is 44.5 Å². The maximum absolute atomic E-state index is 6.18. The molecule has 0 unspecified atom stereocenters. The molecule has 2 aromatic rings. The normalized spacial score (nSPS) is 19.4. The highest BCUT2D eigenvalue weighted by atomic mass is 32.1. The topological polar surface area (TPSA) is 50.9 Å². The molecule has 1 aliphatic carbocycles. The van der Waals surface area contributed by atoms with Crippen molar-refractivity contribution in [2.24, 2.45) is 5.41 Å². The molecule has 1 aliphatic rings. The number of hydrogen-bond donors (Lipinski definition) is 2. The first-order valence-electron chi connectivity index (χ1n) is 7.36. The fourth-order valence-corrected chi connectivity index (χ4v) is 3.85. The summed E-state index contributed by atoms with van der Waals surface area (Å²) in [6, 6.07) is 4.70. The molecule has 0 amide bonds. The Morgan fingerprint density at radius 1 is 1.30 bits per heavy atom. The van der Waals surface area contributed by atoms with Crippen LogP contribution in [0, 0.1) is 12.3 Å². The molecule has 3 N–H and O–H groups in total. The highest BCUT2D eigenvalue weighted by molar-refractivity contribution is 7.18. The van der Waals surface area contributed by atoms with Gasteiger partial charge in [0.2, 0.25) is 0 Å². The predicted molar refractivity (Wildman–Crippen MR) is 88.4 cm³/mol. The number of aryl methyl sites for hydroxylation is 1. The van der Waals surface area contributed by atoms with Crippen LogP contribution in [0.5, 0.6) is 0 Å². The molecule has 0 radical (unpaired) electrons. The van der Waals surface area contributed by atoms with E-state index in [1.54, 1.807) is 11.3 Å². The molecule has 0 spiro atoms. The van der Waals surface area contributed by atoms with E-state index in [2.05, 4.69) is 36.3 Å². The minimum Gasteiger partial charge on any atom is -0.397 e. The van der Waals surface area contributed by atoms with Crippen molar-refractivity contribution in [1.82, 2.24) is 4.98 Å². The van der Waals surface area contributed by atoms with E-state index in [9.17, 15) is 0 Å². The largest absolute Gasteiger partial charge is 0.397 e. The molecule has 108 valence electrons. The molecule has 3 nitrogen and oxygen atoms in total. The number of fused-ring (bicyclic) bond motifs is 1. The van der Waals surface area contributed by atoms with Crippen LogP contribution in [0.4, 0.5) is 11.4 Å². The van der Waals surface area contributed by atoms with Crippen molar-refractivity contribution in [3.8, 4) is 0 Å². The van der Waals surface area contributed by atoms with E-state index in [1.807, 2.05) is 6.92 Å². The van der Waals surface area contributed by atoms with Gasteiger partial charge in [0.15, 0.2) is 0 Å². The van der Waals surface area contributed by atoms with Crippen LogP contribution >= 0.6 is 11.3 Å². The van der Waals surface area contributed by atoms with Gasteiger partial charge >= 0.3 is 0 Å². The summed E-state index contributed by atoms with van der Waals surface area (Å²) in [6.07, 6.45) is 5.01. The lowest BCUT2D eigenvalue weighted by molar-refractivity contribution is 0.232. The number of rotatable bonds is 2. The molecule has 1 heterocycles. The number of thiazole rings is 1. The van der Waals surface area contributed by atoms with E-state index in [-0.39, 0.29) is 0 Å². The summed E-state index contributed by atoms with van der Waals surface area (Å²) >= 11 is 1.70. The third kappa shape index (κ3) is 2.75. The minimum absolute atomic E-state index is 0.500. The van der Waals surface area contributed by atoms with Crippen LogP contribution in [0.3, 0.4) is 0 Å². The monoisotopic (exact) mass is 289 g/mol. The van der Waals surface area contributed by atoms with E-state index in [0.29, 0.717) is 11.5 Å². The standard InChI is InChI=1S/C16H23N3S/c1-10-18-14-9-13(12(17)8-15(14)20-10)19-11-4-6-16(2,3)7-5-11/h8-9,11,19H,4-7,17H2,1-3H3. The number of aromatic nitrogens is 1. The Bertz CT molecular complexity index is 620. The predicted octanol–water partition coefficient (Wildman–Crippen LogP) is 4.57. The lowest BCUT2D eigenvalue weighted by atomic mass is 9.75. The Hall–Kier alpha value is -1.29. The Balaban J connectivity index is 1.79. The number of nitrogens with one attached hydrogen (secondary N) is 1. The third-order valence-corrected chi connectivity index (χ3v) is 5.30. The number of benzene rings is 1. The van der Waals surface area contributed by atoms with Gasteiger partial charge in [-0.15, -0.1) is 11.3 Å². The van der Waals surface area contributed by atoms with Crippen LogP contribution in [0.25, 0.3) is 10.2 Å². The highest BCUT2D eigenvalue weighted by Crippen LogP contribution is 2.37. The van der Waals surface area contributed by atoms with Crippen molar-refractivity contribution >= 4 is 32.9 Å². The number of nitrogens with two attached hydrogens (primary N) is 1. The van der Waals surface area contributed by atoms with Crippen LogP contribution in [-0.2, 0) is 0 Å². The summed E-state index contributed by atoms with van der Waals surface area (Å²) < 4.78 is 1.18. The van der Waals surface area contributed by atoms with Crippen LogP contribution in [0.15, 0.2) is 12.1 Å².